The van der Waals surface area contributed by atoms with Crippen LogP contribution < -0.4 is 5.32 Å². The first kappa shape index (κ1) is 12.4. The van der Waals surface area contributed by atoms with Crippen molar-refractivity contribution in [2.75, 3.05) is 18.4 Å². The molecule has 7 heteroatoms. The molecule has 0 aromatic carbocycles. The highest BCUT2D eigenvalue weighted by Crippen LogP contribution is 2.59. The molecule has 1 atom stereocenters. The molecule has 19 heavy (non-hydrogen) atoms. The van der Waals surface area contributed by atoms with Crippen LogP contribution in [0.3, 0.4) is 0 Å². The molecule has 1 aromatic rings. The van der Waals surface area contributed by atoms with E-state index in [0.29, 0.717) is 13.1 Å². The summed E-state index contributed by atoms with van der Waals surface area (Å²) in [4.78, 5) is 28.3. The lowest BCUT2D eigenvalue weighted by Crippen LogP contribution is -2.39. The van der Waals surface area contributed by atoms with Gasteiger partial charge in [0.15, 0.2) is 0 Å². The molecule has 1 saturated carbocycles. The van der Waals surface area contributed by atoms with Crippen molar-refractivity contribution >= 4 is 28.3 Å². The van der Waals surface area contributed by atoms with Crippen LogP contribution in [-0.2, 0) is 4.79 Å². The number of hydrogen-bond acceptors (Lipinski definition) is 4. The summed E-state index contributed by atoms with van der Waals surface area (Å²) >= 11 is 1.41. The summed E-state index contributed by atoms with van der Waals surface area (Å²) in [6, 6.07) is 0. The van der Waals surface area contributed by atoms with Crippen molar-refractivity contribution in [2.24, 2.45) is 11.3 Å². The molecule has 1 spiro atoms. The Balaban J connectivity index is 1.56. The van der Waals surface area contributed by atoms with E-state index >= 15 is 0 Å². The molecular weight excluding hydrogens is 266 g/mol. The van der Waals surface area contributed by atoms with E-state index in [1.165, 1.54) is 16.2 Å². The molecule has 1 unspecified atom stereocenters. The van der Waals surface area contributed by atoms with Crippen LogP contribution in [0, 0.1) is 11.3 Å². The van der Waals surface area contributed by atoms with Gasteiger partial charge in [-0.15, -0.1) is 11.3 Å². The van der Waals surface area contributed by atoms with Gasteiger partial charge in [-0.25, -0.2) is 4.79 Å². The fraction of sp³-hybridized carbons (Fsp3) is 0.583. The Morgan fingerprint density at radius 1 is 1.47 bits per heavy atom. The number of carbonyl (C=O) groups excluding carboxylic acids is 1. The number of hydrogen-bond donors (Lipinski definition) is 2. The minimum absolute atomic E-state index is 0.0329. The fourth-order valence-corrected chi connectivity index (χ4v) is 3.42. The van der Waals surface area contributed by atoms with E-state index in [-0.39, 0.29) is 17.2 Å². The average Bonchev–Trinajstić information content (AvgIpc) is 2.84. The summed E-state index contributed by atoms with van der Waals surface area (Å²) in [5.41, 5.74) is 1.73. The zero-order valence-corrected chi connectivity index (χ0v) is 11.2. The predicted molar refractivity (Wildman–Crippen MR) is 70.1 cm³/mol. The smallest absolute Gasteiger partial charge is 0.407 e. The summed E-state index contributed by atoms with van der Waals surface area (Å²) in [6.45, 7) is 1.08. The Kier molecular flexibility index (Phi) is 2.93. The van der Waals surface area contributed by atoms with Crippen LogP contribution in [0.5, 0.6) is 0 Å². The van der Waals surface area contributed by atoms with Crippen molar-refractivity contribution in [1.29, 1.82) is 0 Å². The second-order valence-corrected chi connectivity index (χ2v) is 6.13. The van der Waals surface area contributed by atoms with Crippen LogP contribution >= 0.6 is 11.3 Å². The van der Waals surface area contributed by atoms with E-state index in [0.717, 1.165) is 24.3 Å². The van der Waals surface area contributed by atoms with Crippen LogP contribution in [-0.4, -0.2) is 40.1 Å². The lowest BCUT2D eigenvalue weighted by Gasteiger charge is -2.30. The van der Waals surface area contributed by atoms with Gasteiger partial charge in [0.1, 0.15) is 5.00 Å². The van der Waals surface area contributed by atoms with Gasteiger partial charge in [0.25, 0.3) is 0 Å². The van der Waals surface area contributed by atoms with Gasteiger partial charge >= 0.3 is 6.09 Å². The Morgan fingerprint density at radius 3 is 2.79 bits per heavy atom. The van der Waals surface area contributed by atoms with Gasteiger partial charge in [0, 0.05) is 19.0 Å². The molecule has 2 fully saturated rings. The molecule has 1 aliphatic heterocycles. The summed E-state index contributed by atoms with van der Waals surface area (Å²) in [5, 5.41) is 12.6. The van der Waals surface area contributed by atoms with E-state index in [9.17, 15) is 9.59 Å². The van der Waals surface area contributed by atoms with E-state index in [1.807, 2.05) is 0 Å². The molecule has 3 rings (SSSR count). The van der Waals surface area contributed by atoms with Crippen LogP contribution in [0.2, 0.25) is 0 Å². The standard InChI is InChI=1S/C12H15N3O3S/c16-10(14-9-6-13-7-19-9)8-5-12(8)1-3-15(4-2-12)11(17)18/h6-8H,1-5H2,(H,14,16)(H,17,18). The summed E-state index contributed by atoms with van der Waals surface area (Å²) in [7, 11) is 0. The number of rotatable bonds is 2. The van der Waals surface area contributed by atoms with Gasteiger partial charge in [-0.05, 0) is 24.7 Å². The highest BCUT2D eigenvalue weighted by molar-refractivity contribution is 7.13. The van der Waals surface area contributed by atoms with Crippen molar-refractivity contribution in [3.8, 4) is 0 Å². The number of piperidine rings is 1. The van der Waals surface area contributed by atoms with Crippen molar-refractivity contribution in [3.05, 3.63) is 11.7 Å². The van der Waals surface area contributed by atoms with Crippen molar-refractivity contribution in [3.63, 3.8) is 0 Å². The fourth-order valence-electron chi connectivity index (χ4n) is 2.90. The highest BCUT2D eigenvalue weighted by Gasteiger charge is 2.58. The Labute approximate surface area is 114 Å². The quantitative estimate of drug-likeness (QED) is 0.866. The summed E-state index contributed by atoms with van der Waals surface area (Å²) < 4.78 is 0. The summed E-state index contributed by atoms with van der Waals surface area (Å²) in [5.74, 6) is 0.0820. The number of anilines is 1. The predicted octanol–water partition coefficient (Wildman–Crippen LogP) is 1.86. The number of carboxylic acid groups (broad SMARTS) is 1. The average molecular weight is 281 g/mol. The van der Waals surface area contributed by atoms with E-state index in [2.05, 4.69) is 10.3 Å². The zero-order valence-electron chi connectivity index (χ0n) is 10.3. The van der Waals surface area contributed by atoms with Gasteiger partial charge in [0.2, 0.25) is 5.91 Å². The highest BCUT2D eigenvalue weighted by atomic mass is 32.1. The van der Waals surface area contributed by atoms with Crippen LogP contribution in [0.15, 0.2) is 11.7 Å². The summed E-state index contributed by atoms with van der Waals surface area (Å²) in [6.07, 6.45) is 3.25. The first-order chi connectivity index (χ1) is 9.11. The maximum atomic E-state index is 12.1. The van der Waals surface area contributed by atoms with Gasteiger partial charge in [0.05, 0.1) is 11.7 Å². The maximum absolute atomic E-state index is 12.1. The zero-order chi connectivity index (χ0) is 13.5. The van der Waals surface area contributed by atoms with Crippen molar-refractivity contribution < 1.29 is 14.7 Å². The minimum atomic E-state index is -0.860. The third-order valence-electron chi connectivity index (χ3n) is 4.21. The molecule has 6 nitrogen and oxygen atoms in total. The molecule has 102 valence electrons. The van der Waals surface area contributed by atoms with Crippen LogP contribution in [0.1, 0.15) is 19.3 Å². The molecule has 2 amide bonds. The third kappa shape index (κ3) is 2.30. The van der Waals surface area contributed by atoms with Crippen LogP contribution in [0.25, 0.3) is 0 Å². The maximum Gasteiger partial charge on any atom is 0.407 e. The lowest BCUT2D eigenvalue weighted by molar-refractivity contribution is -0.118. The Bertz CT molecular complexity index is 494. The van der Waals surface area contributed by atoms with E-state index in [4.69, 9.17) is 5.11 Å². The number of likely N-dealkylation sites (tertiary alicyclic amines) is 1. The number of aromatic nitrogens is 1. The SMILES string of the molecule is O=C(Nc1cncs1)C1CC12CCN(C(=O)O)CC2. The minimum Gasteiger partial charge on any atom is -0.465 e. The molecule has 0 bridgehead atoms. The van der Waals surface area contributed by atoms with Gasteiger partial charge in [-0.3, -0.25) is 9.78 Å². The molecule has 2 heterocycles. The molecule has 2 aliphatic rings. The molecular formula is C12H15N3O3S. The Morgan fingerprint density at radius 2 is 2.21 bits per heavy atom. The number of thiazole rings is 1. The Hall–Kier alpha value is -1.63. The van der Waals surface area contributed by atoms with E-state index in [1.54, 1.807) is 11.7 Å². The van der Waals surface area contributed by atoms with Crippen molar-refractivity contribution in [2.45, 2.75) is 19.3 Å². The monoisotopic (exact) mass is 281 g/mol. The van der Waals surface area contributed by atoms with Gasteiger partial charge < -0.3 is 15.3 Å². The third-order valence-corrected chi connectivity index (χ3v) is 4.90. The second kappa shape index (κ2) is 4.48. The van der Waals surface area contributed by atoms with Crippen molar-refractivity contribution in [1.82, 2.24) is 9.88 Å². The molecule has 0 radical (unpaired) electrons. The molecule has 1 saturated heterocycles. The number of nitrogens with zero attached hydrogens (tertiary/aromatic N) is 2. The topological polar surface area (TPSA) is 82.5 Å². The van der Waals surface area contributed by atoms with Gasteiger partial charge in [-0.2, -0.15) is 0 Å². The lowest BCUT2D eigenvalue weighted by atomic mass is 9.91. The molecule has 1 aromatic heterocycles. The normalized spacial score (nSPS) is 24.2. The first-order valence-corrected chi connectivity index (χ1v) is 7.16. The van der Waals surface area contributed by atoms with Crippen LogP contribution in [0.4, 0.5) is 9.80 Å². The molecule has 1 aliphatic carbocycles. The largest absolute Gasteiger partial charge is 0.465 e. The molecule has 2 N–H and O–H groups in total. The first-order valence-electron chi connectivity index (χ1n) is 6.28. The van der Waals surface area contributed by atoms with E-state index < -0.39 is 6.09 Å². The van der Waals surface area contributed by atoms with Gasteiger partial charge in [-0.1, -0.05) is 0 Å². The number of carbonyl (C=O) groups is 2. The second-order valence-electron chi connectivity index (χ2n) is 5.24. The number of nitrogens with one attached hydrogen (secondary N) is 1. The number of amides is 2.